The second kappa shape index (κ2) is 8.61. The molecule has 1 aliphatic carbocycles. The van der Waals surface area contributed by atoms with Crippen LogP contribution in [0.15, 0.2) is 66.7 Å². The van der Waals surface area contributed by atoms with Crippen LogP contribution in [0.4, 0.5) is 0 Å². The van der Waals surface area contributed by atoms with E-state index in [1.807, 2.05) is 0 Å². The van der Waals surface area contributed by atoms with Gasteiger partial charge in [-0.15, -0.1) is 0 Å². The van der Waals surface area contributed by atoms with Gasteiger partial charge in [-0.05, 0) is 86.1 Å². The van der Waals surface area contributed by atoms with E-state index in [1.54, 1.807) is 0 Å². The third-order valence-corrected chi connectivity index (χ3v) is 6.19. The molecule has 27 heavy (non-hydrogen) atoms. The van der Waals surface area contributed by atoms with Crippen molar-refractivity contribution in [2.75, 3.05) is 0 Å². The van der Waals surface area contributed by atoms with Crippen molar-refractivity contribution < 1.29 is 1.43 Å². The van der Waals surface area contributed by atoms with Gasteiger partial charge in [-0.3, -0.25) is 0 Å². The number of hydrogen-bond donors (Lipinski definition) is 1. The van der Waals surface area contributed by atoms with Gasteiger partial charge in [0.15, 0.2) is 0 Å². The van der Waals surface area contributed by atoms with Crippen molar-refractivity contribution in [3.8, 4) is 11.3 Å². The van der Waals surface area contributed by atoms with E-state index in [4.69, 9.17) is 0 Å². The van der Waals surface area contributed by atoms with Crippen LogP contribution in [0.1, 0.15) is 64.8 Å². The predicted octanol–water partition coefficient (Wildman–Crippen LogP) is 8.10. The number of fused-ring (bicyclic) bond motifs is 1. The topological polar surface area (TPSA) is 15.8 Å². The minimum atomic E-state index is 0. The Labute approximate surface area is 165 Å². The number of H-pyrrole nitrogens is 1. The maximum absolute atomic E-state index is 3.58. The lowest BCUT2D eigenvalue weighted by Gasteiger charge is -2.29. The molecule has 1 aromatic heterocycles. The average molecular weight is 360 g/mol. The molecule has 0 aliphatic heterocycles. The molecule has 1 N–H and O–H groups in total. The molecule has 0 amide bonds. The van der Waals surface area contributed by atoms with Crippen molar-refractivity contribution in [1.82, 2.24) is 4.98 Å². The Morgan fingerprint density at radius 1 is 0.963 bits per heavy atom. The summed E-state index contributed by atoms with van der Waals surface area (Å²) in [6.07, 6.45) is 14.0. The van der Waals surface area contributed by atoms with Gasteiger partial charge < -0.3 is 4.98 Å². The molecule has 2 aromatic carbocycles. The molecule has 0 saturated heterocycles. The van der Waals surface area contributed by atoms with Crippen LogP contribution < -0.4 is 0 Å². The largest absolute Gasteiger partial charge is 0.355 e. The van der Waals surface area contributed by atoms with E-state index in [0.717, 1.165) is 11.8 Å². The highest BCUT2D eigenvalue weighted by atomic mass is 14.7. The normalized spacial score (nSPS) is 20.5. The van der Waals surface area contributed by atoms with E-state index < -0.39 is 0 Å². The van der Waals surface area contributed by atoms with Crippen LogP contribution in [0, 0.1) is 5.92 Å². The van der Waals surface area contributed by atoms with Crippen LogP contribution in [0.2, 0.25) is 0 Å². The highest BCUT2D eigenvalue weighted by Crippen LogP contribution is 2.38. The molecule has 0 bridgehead atoms. The second-order valence-electron chi connectivity index (χ2n) is 8.07. The summed E-state index contributed by atoms with van der Waals surface area (Å²) >= 11 is 0. The summed E-state index contributed by atoms with van der Waals surface area (Å²) in [6.45, 7) is 2.21. The smallest absolute Gasteiger partial charge is 0.0464 e. The average Bonchev–Trinajstić information content (AvgIpc) is 3.16. The highest BCUT2D eigenvalue weighted by molar-refractivity contribution is 5.85. The van der Waals surface area contributed by atoms with Gasteiger partial charge in [-0.2, -0.15) is 0 Å². The number of hydrogen-bond acceptors (Lipinski definition) is 0. The first-order valence-electron chi connectivity index (χ1n) is 10.7. The summed E-state index contributed by atoms with van der Waals surface area (Å²) in [6, 6.07) is 20.0. The predicted molar refractivity (Wildman–Crippen MR) is 119 cm³/mol. The van der Waals surface area contributed by atoms with Crippen molar-refractivity contribution >= 4 is 10.9 Å². The Hall–Kier alpha value is -2.28. The number of rotatable bonds is 6. The van der Waals surface area contributed by atoms with E-state index in [0.29, 0.717) is 0 Å². The zero-order valence-corrected chi connectivity index (χ0v) is 16.5. The summed E-state index contributed by atoms with van der Waals surface area (Å²) in [5.74, 6) is 1.66. The van der Waals surface area contributed by atoms with Crippen LogP contribution in [-0.4, -0.2) is 4.98 Å². The van der Waals surface area contributed by atoms with Gasteiger partial charge in [-0.1, -0.05) is 55.5 Å². The molecule has 1 fully saturated rings. The monoisotopic (exact) mass is 359 g/mol. The van der Waals surface area contributed by atoms with Crippen molar-refractivity contribution in [2.24, 2.45) is 5.92 Å². The van der Waals surface area contributed by atoms with Crippen LogP contribution in [-0.2, 0) is 0 Å². The van der Waals surface area contributed by atoms with Crippen molar-refractivity contribution in [1.29, 1.82) is 0 Å². The molecule has 1 heterocycles. The van der Waals surface area contributed by atoms with E-state index in [-0.39, 0.29) is 1.43 Å². The Morgan fingerprint density at radius 2 is 1.81 bits per heavy atom. The lowest BCUT2D eigenvalue weighted by atomic mass is 9.77. The molecule has 1 nitrogen and oxygen atoms in total. The van der Waals surface area contributed by atoms with E-state index in [9.17, 15) is 0 Å². The van der Waals surface area contributed by atoms with Crippen LogP contribution in [0.25, 0.3) is 22.2 Å². The van der Waals surface area contributed by atoms with E-state index in [2.05, 4.69) is 78.7 Å². The fourth-order valence-corrected chi connectivity index (χ4v) is 4.59. The molecule has 0 radical (unpaired) electrons. The first-order valence-corrected chi connectivity index (χ1v) is 10.7. The third-order valence-electron chi connectivity index (χ3n) is 6.19. The summed E-state index contributed by atoms with van der Waals surface area (Å²) in [4.78, 5) is 3.58. The van der Waals surface area contributed by atoms with Crippen molar-refractivity contribution in [3.63, 3.8) is 0 Å². The number of aromatic amines is 1. The first kappa shape index (κ1) is 18.1. The molecular weight excluding hydrogens is 326 g/mol. The summed E-state index contributed by atoms with van der Waals surface area (Å²) in [7, 11) is 0. The summed E-state index contributed by atoms with van der Waals surface area (Å²) < 4.78 is 0. The minimum absolute atomic E-state index is 0. The van der Waals surface area contributed by atoms with Gasteiger partial charge in [0.05, 0.1) is 0 Å². The van der Waals surface area contributed by atoms with E-state index >= 15 is 0 Å². The second-order valence-corrected chi connectivity index (χ2v) is 8.07. The maximum atomic E-state index is 3.58. The van der Waals surface area contributed by atoms with Crippen LogP contribution in [0.5, 0.6) is 0 Å². The van der Waals surface area contributed by atoms with Crippen LogP contribution >= 0.6 is 0 Å². The van der Waals surface area contributed by atoms with Gasteiger partial charge in [0, 0.05) is 18.0 Å². The fourth-order valence-electron chi connectivity index (χ4n) is 4.59. The zero-order chi connectivity index (χ0) is 18.5. The molecule has 1 aliphatic rings. The Morgan fingerprint density at radius 3 is 2.63 bits per heavy atom. The Balaban J connectivity index is 0.00000225. The highest BCUT2D eigenvalue weighted by Gasteiger charge is 2.22. The first-order chi connectivity index (χ1) is 13.3. The molecule has 4 rings (SSSR count). The maximum Gasteiger partial charge on any atom is 0.0464 e. The molecular formula is C26H33N. The fraction of sp³-hybridized carbons (Fsp3) is 0.385. The number of allylic oxidation sites excluding steroid dienone is 2. The quantitative estimate of drug-likeness (QED) is 0.428. The summed E-state index contributed by atoms with van der Waals surface area (Å²) in [5.41, 5.74) is 5.29. The SMILES string of the molecule is CC/C=C\CCC1CCC(c2cccc(-c3cc4ccccc4[nH]3)c2)CC1.[HH]. The van der Waals surface area contributed by atoms with Crippen molar-refractivity contribution in [3.05, 3.63) is 72.3 Å². The molecule has 0 spiro atoms. The lowest BCUT2D eigenvalue weighted by Crippen LogP contribution is -2.13. The van der Waals surface area contributed by atoms with Gasteiger partial charge in [0.2, 0.25) is 0 Å². The van der Waals surface area contributed by atoms with Crippen LogP contribution in [0.3, 0.4) is 0 Å². The molecule has 142 valence electrons. The molecule has 1 heteroatoms. The van der Waals surface area contributed by atoms with Crippen molar-refractivity contribution in [2.45, 2.75) is 57.8 Å². The molecule has 0 atom stereocenters. The van der Waals surface area contributed by atoms with Gasteiger partial charge in [-0.25, -0.2) is 0 Å². The molecule has 1 saturated carbocycles. The minimum Gasteiger partial charge on any atom is -0.355 e. The van der Waals surface area contributed by atoms with Gasteiger partial charge in [0.1, 0.15) is 0 Å². The number of para-hydroxylation sites is 1. The number of benzene rings is 2. The van der Waals surface area contributed by atoms with Gasteiger partial charge >= 0.3 is 0 Å². The third kappa shape index (κ3) is 4.35. The number of aromatic nitrogens is 1. The standard InChI is InChI=1S/C26H31N.H2/c1-2-3-4-5-9-20-14-16-21(17-15-20)22-11-8-12-23(18-22)26-19-24-10-6-7-13-25(24)27-26;/h3-4,6-8,10-13,18-21,27H,2,5,9,14-17H2,1H3;1H/b4-3-;. The Bertz CT molecular complexity index is 866. The lowest BCUT2D eigenvalue weighted by molar-refractivity contribution is 0.312. The Kier molecular flexibility index (Phi) is 5.77. The number of nitrogens with one attached hydrogen (secondary N) is 1. The molecule has 3 aromatic rings. The summed E-state index contributed by atoms with van der Waals surface area (Å²) in [5, 5.41) is 1.29. The van der Waals surface area contributed by atoms with Gasteiger partial charge in [0.25, 0.3) is 0 Å². The molecule has 0 unspecified atom stereocenters. The zero-order valence-electron chi connectivity index (χ0n) is 16.5. The van der Waals surface area contributed by atoms with E-state index in [1.165, 1.54) is 72.7 Å².